The van der Waals surface area contributed by atoms with Gasteiger partial charge in [0, 0.05) is 31.2 Å². The Morgan fingerprint density at radius 3 is 2.81 bits per heavy atom. The van der Waals surface area contributed by atoms with Crippen molar-refractivity contribution in [3.8, 4) is 5.75 Å². The lowest BCUT2D eigenvalue weighted by molar-refractivity contribution is -0.133. The van der Waals surface area contributed by atoms with E-state index in [0.717, 1.165) is 43.7 Å². The summed E-state index contributed by atoms with van der Waals surface area (Å²) in [7, 11) is 0. The summed E-state index contributed by atoms with van der Waals surface area (Å²) >= 11 is 0. The first-order valence-corrected chi connectivity index (χ1v) is 11.3. The standard InChI is InChI=1S/C22H30N4O5/c1-13-17(5-2-8-23-13)31-18-12-30-19-16(11-29-20(18)19)25-22(28)24-15-4-3-9-26(10-15)21(27)14-6-7-14/h2,5,8,14-16,18-20H,3-4,6-7,9-12H2,1H3,(H2,24,25,28)/t15?,16-,18-,19+,20+/m0/s1. The van der Waals surface area contributed by atoms with Crippen molar-refractivity contribution >= 4 is 11.9 Å². The molecule has 1 unspecified atom stereocenters. The summed E-state index contributed by atoms with van der Waals surface area (Å²) in [4.78, 5) is 31.1. The van der Waals surface area contributed by atoms with Crippen LogP contribution >= 0.6 is 0 Å². The maximum atomic E-state index is 12.6. The van der Waals surface area contributed by atoms with E-state index in [-0.39, 0.29) is 48.3 Å². The number of nitrogens with one attached hydrogen (secondary N) is 2. The Labute approximate surface area is 181 Å². The highest BCUT2D eigenvalue weighted by atomic mass is 16.6. The van der Waals surface area contributed by atoms with E-state index in [2.05, 4.69) is 15.6 Å². The van der Waals surface area contributed by atoms with Crippen molar-refractivity contribution in [1.29, 1.82) is 0 Å². The number of piperidine rings is 1. The van der Waals surface area contributed by atoms with Gasteiger partial charge in [0.15, 0.2) is 6.10 Å². The number of amides is 3. The number of rotatable bonds is 5. The number of hydrogen-bond donors (Lipinski definition) is 2. The maximum Gasteiger partial charge on any atom is 0.315 e. The third-order valence-electron chi connectivity index (χ3n) is 6.56. The van der Waals surface area contributed by atoms with Crippen LogP contribution in [0.25, 0.3) is 0 Å². The van der Waals surface area contributed by atoms with Crippen LogP contribution in [0.4, 0.5) is 4.79 Å². The third-order valence-corrected chi connectivity index (χ3v) is 6.56. The molecule has 4 fully saturated rings. The van der Waals surface area contributed by atoms with Crippen LogP contribution in [-0.4, -0.2) is 78.5 Å². The van der Waals surface area contributed by atoms with E-state index in [4.69, 9.17) is 14.2 Å². The van der Waals surface area contributed by atoms with E-state index in [1.54, 1.807) is 6.20 Å². The molecule has 5 rings (SSSR count). The van der Waals surface area contributed by atoms with Crippen LogP contribution in [0.1, 0.15) is 31.4 Å². The second kappa shape index (κ2) is 8.63. The predicted molar refractivity (Wildman–Crippen MR) is 111 cm³/mol. The number of carbonyl (C=O) groups excluding carboxylic acids is 2. The van der Waals surface area contributed by atoms with Crippen LogP contribution in [0, 0.1) is 12.8 Å². The number of fused-ring (bicyclic) bond motifs is 1. The molecule has 2 N–H and O–H groups in total. The highest BCUT2D eigenvalue weighted by Crippen LogP contribution is 2.32. The summed E-state index contributed by atoms with van der Waals surface area (Å²) in [5.74, 6) is 1.18. The number of nitrogens with zero attached hydrogens (tertiary/aromatic N) is 2. The number of pyridine rings is 1. The molecule has 0 aromatic carbocycles. The molecule has 168 valence electrons. The molecular formula is C22H30N4O5. The molecule has 9 nitrogen and oxygen atoms in total. The first-order valence-electron chi connectivity index (χ1n) is 11.3. The molecule has 3 amide bonds. The van der Waals surface area contributed by atoms with Crippen molar-refractivity contribution in [1.82, 2.24) is 20.5 Å². The largest absolute Gasteiger partial charge is 0.483 e. The molecule has 0 radical (unpaired) electrons. The van der Waals surface area contributed by atoms with Crippen molar-refractivity contribution in [2.45, 2.75) is 63.0 Å². The average molecular weight is 431 g/mol. The minimum Gasteiger partial charge on any atom is -0.483 e. The molecule has 5 atom stereocenters. The van der Waals surface area contributed by atoms with E-state index in [1.165, 1.54) is 0 Å². The number of ether oxygens (including phenoxy) is 3. The molecule has 0 bridgehead atoms. The molecule has 1 aromatic rings. The number of carbonyl (C=O) groups is 2. The molecule has 1 saturated carbocycles. The zero-order valence-electron chi connectivity index (χ0n) is 17.8. The Morgan fingerprint density at radius 2 is 2.00 bits per heavy atom. The Balaban J connectivity index is 1.11. The van der Waals surface area contributed by atoms with Crippen LogP contribution in [0.2, 0.25) is 0 Å². The van der Waals surface area contributed by atoms with Crippen LogP contribution in [0.15, 0.2) is 18.3 Å². The minimum absolute atomic E-state index is 0.0243. The number of likely N-dealkylation sites (tertiary alicyclic amines) is 1. The average Bonchev–Trinajstić information content (AvgIpc) is 3.43. The van der Waals surface area contributed by atoms with Gasteiger partial charge in [-0.25, -0.2) is 4.79 Å². The van der Waals surface area contributed by atoms with Gasteiger partial charge in [0.1, 0.15) is 18.0 Å². The fourth-order valence-corrected chi connectivity index (χ4v) is 4.73. The first-order chi connectivity index (χ1) is 15.1. The summed E-state index contributed by atoms with van der Waals surface area (Å²) in [6.45, 7) is 4.07. The van der Waals surface area contributed by atoms with Gasteiger partial charge < -0.3 is 29.7 Å². The number of aryl methyl sites for hydroxylation is 1. The van der Waals surface area contributed by atoms with E-state index < -0.39 is 0 Å². The zero-order chi connectivity index (χ0) is 21.4. The smallest absolute Gasteiger partial charge is 0.315 e. The van der Waals surface area contributed by atoms with Gasteiger partial charge in [-0.15, -0.1) is 0 Å². The lowest BCUT2D eigenvalue weighted by atomic mass is 10.1. The lowest BCUT2D eigenvalue weighted by Gasteiger charge is -2.33. The van der Waals surface area contributed by atoms with Crippen molar-refractivity contribution in [2.24, 2.45) is 5.92 Å². The second-order valence-electron chi connectivity index (χ2n) is 8.96. The van der Waals surface area contributed by atoms with Gasteiger partial charge in [0.25, 0.3) is 0 Å². The normalized spacial score (nSPS) is 32.4. The van der Waals surface area contributed by atoms with Crippen molar-refractivity contribution in [2.75, 3.05) is 26.3 Å². The summed E-state index contributed by atoms with van der Waals surface area (Å²) in [5.41, 5.74) is 0.819. The number of urea groups is 1. The Kier molecular flexibility index (Phi) is 5.71. The second-order valence-corrected chi connectivity index (χ2v) is 8.96. The SMILES string of the molecule is Cc1ncccc1O[C@H]1CO[C@H]2[C@@H]1OC[C@@H]2NC(=O)NC1CCCN(C(=O)C2CC2)C1. The molecule has 9 heteroatoms. The Hall–Kier alpha value is -2.39. The highest BCUT2D eigenvalue weighted by Gasteiger charge is 2.49. The van der Waals surface area contributed by atoms with Gasteiger partial charge in [0.05, 0.1) is 24.9 Å². The highest BCUT2D eigenvalue weighted by molar-refractivity contribution is 5.81. The fraction of sp³-hybridized carbons (Fsp3) is 0.682. The molecule has 1 aliphatic carbocycles. The molecule has 4 heterocycles. The van der Waals surface area contributed by atoms with Crippen LogP contribution in [-0.2, 0) is 14.3 Å². The van der Waals surface area contributed by atoms with E-state index in [9.17, 15) is 9.59 Å². The molecule has 4 aliphatic rings. The zero-order valence-corrected chi connectivity index (χ0v) is 17.8. The van der Waals surface area contributed by atoms with Gasteiger partial charge in [-0.3, -0.25) is 9.78 Å². The summed E-state index contributed by atoms with van der Waals surface area (Å²) in [5, 5.41) is 6.03. The van der Waals surface area contributed by atoms with Gasteiger partial charge in [-0.05, 0) is 44.7 Å². The predicted octanol–water partition coefficient (Wildman–Crippen LogP) is 1.00. The molecule has 31 heavy (non-hydrogen) atoms. The van der Waals surface area contributed by atoms with Gasteiger partial charge in [0.2, 0.25) is 5.91 Å². The first kappa shape index (κ1) is 20.5. The van der Waals surface area contributed by atoms with Gasteiger partial charge >= 0.3 is 6.03 Å². The molecule has 3 aliphatic heterocycles. The van der Waals surface area contributed by atoms with Gasteiger partial charge in [-0.2, -0.15) is 0 Å². The van der Waals surface area contributed by atoms with Crippen LogP contribution in [0.5, 0.6) is 5.75 Å². The monoisotopic (exact) mass is 430 g/mol. The molecule has 0 spiro atoms. The molecule has 3 saturated heterocycles. The van der Waals surface area contributed by atoms with E-state index in [0.29, 0.717) is 19.8 Å². The third kappa shape index (κ3) is 4.48. The topological polar surface area (TPSA) is 102 Å². The summed E-state index contributed by atoms with van der Waals surface area (Å²) in [6.07, 6.45) is 4.82. The van der Waals surface area contributed by atoms with Crippen molar-refractivity contribution in [3.05, 3.63) is 24.0 Å². The summed E-state index contributed by atoms with van der Waals surface area (Å²) in [6, 6.07) is 3.22. The quantitative estimate of drug-likeness (QED) is 0.723. The van der Waals surface area contributed by atoms with Crippen molar-refractivity contribution in [3.63, 3.8) is 0 Å². The minimum atomic E-state index is -0.243. The number of hydrogen-bond acceptors (Lipinski definition) is 6. The van der Waals surface area contributed by atoms with Crippen molar-refractivity contribution < 1.29 is 23.8 Å². The van der Waals surface area contributed by atoms with Crippen LogP contribution < -0.4 is 15.4 Å². The fourth-order valence-electron chi connectivity index (χ4n) is 4.73. The number of aromatic nitrogens is 1. The van der Waals surface area contributed by atoms with E-state index in [1.807, 2.05) is 24.0 Å². The Morgan fingerprint density at radius 1 is 1.16 bits per heavy atom. The van der Waals surface area contributed by atoms with Gasteiger partial charge in [-0.1, -0.05) is 0 Å². The summed E-state index contributed by atoms with van der Waals surface area (Å²) < 4.78 is 17.9. The molecule has 1 aromatic heterocycles. The lowest BCUT2D eigenvalue weighted by Crippen LogP contribution is -2.55. The maximum absolute atomic E-state index is 12.6. The van der Waals surface area contributed by atoms with Crippen LogP contribution in [0.3, 0.4) is 0 Å². The van der Waals surface area contributed by atoms with E-state index >= 15 is 0 Å². The Bertz CT molecular complexity index is 832. The molecular weight excluding hydrogens is 400 g/mol.